The highest BCUT2D eigenvalue weighted by Gasteiger charge is 2.22. The van der Waals surface area contributed by atoms with E-state index in [-0.39, 0.29) is 18.0 Å². The van der Waals surface area contributed by atoms with Crippen LogP contribution in [0, 0.1) is 6.92 Å². The predicted octanol–water partition coefficient (Wildman–Crippen LogP) is 2.73. The molecule has 2 N–H and O–H groups in total. The van der Waals surface area contributed by atoms with Gasteiger partial charge < -0.3 is 20.4 Å². The van der Waals surface area contributed by atoms with Gasteiger partial charge in [-0.15, -0.1) is 0 Å². The van der Waals surface area contributed by atoms with Crippen LogP contribution < -0.4 is 15.5 Å². The lowest BCUT2D eigenvalue weighted by Crippen LogP contribution is -2.44. The van der Waals surface area contributed by atoms with Crippen molar-refractivity contribution >= 4 is 23.3 Å². The van der Waals surface area contributed by atoms with Crippen LogP contribution in [0.4, 0.5) is 16.2 Å². The molecule has 0 spiro atoms. The summed E-state index contributed by atoms with van der Waals surface area (Å²) in [5.74, 6) is 0.183. The predicted molar refractivity (Wildman–Crippen MR) is 100 cm³/mol. The molecule has 2 fully saturated rings. The molecule has 2 heterocycles. The van der Waals surface area contributed by atoms with Crippen LogP contribution in [0.1, 0.15) is 38.2 Å². The maximum atomic E-state index is 12.2. The smallest absolute Gasteiger partial charge is 0.319 e. The lowest BCUT2D eigenvalue weighted by molar-refractivity contribution is -0.127. The largest absolute Gasteiger partial charge is 0.371 e. The van der Waals surface area contributed by atoms with E-state index in [1.54, 1.807) is 0 Å². The molecular formula is C19H28N4O2. The molecule has 1 aromatic rings. The summed E-state index contributed by atoms with van der Waals surface area (Å²) >= 11 is 0. The van der Waals surface area contributed by atoms with Crippen molar-refractivity contribution in [3.63, 3.8) is 0 Å². The monoisotopic (exact) mass is 344 g/mol. The van der Waals surface area contributed by atoms with Crippen LogP contribution in [0.25, 0.3) is 0 Å². The summed E-state index contributed by atoms with van der Waals surface area (Å²) in [5.41, 5.74) is 3.22. The fraction of sp³-hybridized carbons (Fsp3) is 0.579. The van der Waals surface area contributed by atoms with Crippen molar-refractivity contribution in [3.8, 4) is 0 Å². The Hall–Kier alpha value is -2.24. The number of hydrogen-bond donors (Lipinski definition) is 2. The van der Waals surface area contributed by atoms with Crippen LogP contribution >= 0.6 is 0 Å². The second-order valence-corrected chi connectivity index (χ2v) is 7.14. The molecule has 2 aliphatic rings. The molecule has 1 atom stereocenters. The minimum absolute atomic E-state index is 0.0768. The molecular weight excluding hydrogens is 316 g/mol. The van der Waals surface area contributed by atoms with Gasteiger partial charge in [-0.25, -0.2) is 4.79 Å². The zero-order valence-electron chi connectivity index (χ0n) is 15.2. The molecule has 3 amide bonds. The third-order valence-corrected chi connectivity index (χ3v) is 4.94. The van der Waals surface area contributed by atoms with E-state index < -0.39 is 0 Å². The van der Waals surface area contributed by atoms with Crippen molar-refractivity contribution in [1.29, 1.82) is 0 Å². The normalized spacial score (nSPS) is 18.6. The van der Waals surface area contributed by atoms with Gasteiger partial charge >= 0.3 is 6.03 Å². The van der Waals surface area contributed by atoms with Gasteiger partial charge in [0.15, 0.2) is 0 Å². The van der Waals surface area contributed by atoms with Crippen molar-refractivity contribution in [2.45, 2.75) is 45.6 Å². The average molecular weight is 344 g/mol. The van der Waals surface area contributed by atoms with Crippen molar-refractivity contribution in [3.05, 3.63) is 23.8 Å². The van der Waals surface area contributed by atoms with E-state index in [1.807, 2.05) is 24.0 Å². The lowest BCUT2D eigenvalue weighted by Gasteiger charge is -2.22. The molecule has 0 radical (unpaired) electrons. The highest BCUT2D eigenvalue weighted by atomic mass is 16.2. The first-order valence-electron chi connectivity index (χ1n) is 9.24. The molecule has 0 unspecified atom stereocenters. The van der Waals surface area contributed by atoms with Crippen LogP contribution in [0.15, 0.2) is 18.2 Å². The van der Waals surface area contributed by atoms with E-state index >= 15 is 0 Å². The third kappa shape index (κ3) is 4.44. The summed E-state index contributed by atoms with van der Waals surface area (Å²) in [6, 6.07) is 5.75. The molecule has 6 nitrogen and oxygen atoms in total. The van der Waals surface area contributed by atoms with Gasteiger partial charge in [-0.05, 0) is 56.9 Å². The fourth-order valence-electron chi connectivity index (χ4n) is 3.71. The molecule has 6 heteroatoms. The summed E-state index contributed by atoms with van der Waals surface area (Å²) < 4.78 is 0. The zero-order chi connectivity index (χ0) is 17.8. The maximum Gasteiger partial charge on any atom is 0.319 e. The Balaban J connectivity index is 1.52. The van der Waals surface area contributed by atoms with Crippen molar-refractivity contribution < 1.29 is 9.59 Å². The van der Waals surface area contributed by atoms with Gasteiger partial charge in [0, 0.05) is 50.0 Å². The summed E-state index contributed by atoms with van der Waals surface area (Å²) in [7, 11) is 0. The van der Waals surface area contributed by atoms with E-state index in [4.69, 9.17) is 0 Å². The quantitative estimate of drug-likeness (QED) is 0.863. The van der Waals surface area contributed by atoms with Crippen LogP contribution in [-0.2, 0) is 4.79 Å². The Kier molecular flexibility index (Phi) is 5.46. The number of benzene rings is 1. The number of carbonyl (C=O) groups is 2. The molecule has 25 heavy (non-hydrogen) atoms. The molecule has 0 aromatic heterocycles. The summed E-state index contributed by atoms with van der Waals surface area (Å²) in [6.07, 6.45) is 4.04. The number of urea groups is 1. The number of amides is 3. The van der Waals surface area contributed by atoms with Crippen molar-refractivity contribution in [1.82, 2.24) is 10.2 Å². The molecule has 2 aliphatic heterocycles. The van der Waals surface area contributed by atoms with E-state index in [1.165, 1.54) is 24.1 Å². The molecule has 1 aromatic carbocycles. The van der Waals surface area contributed by atoms with Gasteiger partial charge in [-0.3, -0.25) is 4.79 Å². The third-order valence-electron chi connectivity index (χ3n) is 4.94. The molecule has 0 aliphatic carbocycles. The number of aryl methyl sites for hydroxylation is 1. The van der Waals surface area contributed by atoms with Gasteiger partial charge in [0.2, 0.25) is 5.91 Å². The Morgan fingerprint density at radius 1 is 1.20 bits per heavy atom. The summed E-state index contributed by atoms with van der Waals surface area (Å²) in [6.45, 7) is 7.59. The topological polar surface area (TPSA) is 64.7 Å². The maximum absolute atomic E-state index is 12.2. The van der Waals surface area contributed by atoms with E-state index in [9.17, 15) is 9.59 Å². The molecule has 3 rings (SSSR count). The number of carbonyl (C=O) groups excluding carboxylic acids is 2. The highest BCUT2D eigenvalue weighted by molar-refractivity contribution is 5.90. The minimum atomic E-state index is -0.229. The SMILES string of the molecule is Cc1cc(NC(=O)N[C@H](C)CN2CCCC2=O)ccc1N1CCCC1. The van der Waals surface area contributed by atoms with Crippen molar-refractivity contribution in [2.24, 2.45) is 0 Å². The fourth-order valence-corrected chi connectivity index (χ4v) is 3.71. The van der Waals surface area contributed by atoms with E-state index in [2.05, 4.69) is 28.5 Å². The summed E-state index contributed by atoms with van der Waals surface area (Å²) in [4.78, 5) is 28.1. The van der Waals surface area contributed by atoms with Gasteiger partial charge in [-0.2, -0.15) is 0 Å². The number of hydrogen-bond acceptors (Lipinski definition) is 3. The molecule has 0 bridgehead atoms. The van der Waals surface area contributed by atoms with Crippen LogP contribution in [0.5, 0.6) is 0 Å². The standard InChI is InChI=1S/C19H28N4O2/c1-14-12-16(7-8-17(14)22-9-3-4-10-22)21-19(25)20-15(2)13-23-11-5-6-18(23)24/h7-8,12,15H,3-6,9-11,13H2,1-2H3,(H2,20,21,25)/t15-/m1/s1. The number of anilines is 2. The number of rotatable bonds is 5. The highest BCUT2D eigenvalue weighted by Crippen LogP contribution is 2.26. The Labute approximate surface area is 149 Å². The first-order valence-corrected chi connectivity index (χ1v) is 9.24. The number of nitrogens with one attached hydrogen (secondary N) is 2. The van der Waals surface area contributed by atoms with Crippen LogP contribution in [0.2, 0.25) is 0 Å². The average Bonchev–Trinajstić information content (AvgIpc) is 3.20. The molecule has 2 saturated heterocycles. The van der Waals surface area contributed by atoms with Gasteiger partial charge in [0.1, 0.15) is 0 Å². The zero-order valence-corrected chi connectivity index (χ0v) is 15.2. The Bertz CT molecular complexity index is 640. The van der Waals surface area contributed by atoms with Crippen LogP contribution in [-0.4, -0.2) is 49.1 Å². The first kappa shape index (κ1) is 17.6. The van der Waals surface area contributed by atoms with Crippen LogP contribution in [0.3, 0.4) is 0 Å². The Morgan fingerprint density at radius 3 is 2.60 bits per heavy atom. The first-order chi connectivity index (χ1) is 12.0. The van der Waals surface area contributed by atoms with Gasteiger partial charge in [0.05, 0.1) is 0 Å². The van der Waals surface area contributed by atoms with Gasteiger partial charge in [0.25, 0.3) is 0 Å². The van der Waals surface area contributed by atoms with Crippen molar-refractivity contribution in [2.75, 3.05) is 36.4 Å². The van der Waals surface area contributed by atoms with Gasteiger partial charge in [-0.1, -0.05) is 0 Å². The summed E-state index contributed by atoms with van der Waals surface area (Å²) in [5, 5.41) is 5.81. The molecule has 0 saturated carbocycles. The van der Waals surface area contributed by atoms with E-state index in [0.717, 1.165) is 31.7 Å². The molecule has 136 valence electrons. The van der Waals surface area contributed by atoms with E-state index in [0.29, 0.717) is 13.0 Å². The number of likely N-dealkylation sites (tertiary alicyclic amines) is 1. The second-order valence-electron chi connectivity index (χ2n) is 7.14. The minimum Gasteiger partial charge on any atom is -0.371 e. The number of nitrogens with zero attached hydrogens (tertiary/aromatic N) is 2. The second kappa shape index (κ2) is 7.76. The Morgan fingerprint density at radius 2 is 1.96 bits per heavy atom. The lowest BCUT2D eigenvalue weighted by atomic mass is 10.1.